The quantitative estimate of drug-likeness (QED) is 0.810. The fraction of sp³-hybridized carbons (Fsp3) is 0.353. The first-order chi connectivity index (χ1) is 11.5. The van der Waals surface area contributed by atoms with Gasteiger partial charge in [-0.1, -0.05) is 12.1 Å². The Morgan fingerprint density at radius 2 is 2.00 bits per heavy atom. The summed E-state index contributed by atoms with van der Waals surface area (Å²) in [7, 11) is -1.50. The van der Waals surface area contributed by atoms with Crippen LogP contribution in [0.1, 0.15) is 18.2 Å². The predicted molar refractivity (Wildman–Crippen MR) is 94.0 cm³/mol. The summed E-state index contributed by atoms with van der Waals surface area (Å²) in [6.45, 7) is 1.50. The van der Waals surface area contributed by atoms with Crippen molar-refractivity contribution in [1.82, 2.24) is 4.98 Å². The van der Waals surface area contributed by atoms with Gasteiger partial charge in [0.1, 0.15) is 6.17 Å². The van der Waals surface area contributed by atoms with E-state index in [1.807, 2.05) is 24.3 Å². The molecule has 2 heterocycles. The zero-order valence-electron chi connectivity index (χ0n) is 13.8. The molecule has 1 aliphatic rings. The molecule has 0 fully saturated rings. The summed E-state index contributed by atoms with van der Waals surface area (Å²) in [5.74, 6) is 0.840. The van der Waals surface area contributed by atoms with Gasteiger partial charge in [-0.15, -0.1) is 0 Å². The number of nitrogens with one attached hydrogen (secondary N) is 1. The SMILES string of the molecule is COCCCN1c2cccnc2NC1c1ccc(S(C)(=O)=O)cc1. The summed E-state index contributed by atoms with van der Waals surface area (Å²) in [6, 6.07) is 10.9. The lowest BCUT2D eigenvalue weighted by Crippen LogP contribution is -2.29. The molecule has 1 aromatic heterocycles. The summed E-state index contributed by atoms with van der Waals surface area (Å²) < 4.78 is 28.4. The zero-order chi connectivity index (χ0) is 17.2. The fourth-order valence-electron chi connectivity index (χ4n) is 2.88. The average Bonchev–Trinajstić information content (AvgIpc) is 2.93. The number of nitrogens with zero attached hydrogens (tertiary/aromatic N) is 2. The topological polar surface area (TPSA) is 71.5 Å². The van der Waals surface area contributed by atoms with Gasteiger partial charge in [0, 0.05) is 32.7 Å². The van der Waals surface area contributed by atoms with Crippen molar-refractivity contribution in [2.24, 2.45) is 0 Å². The van der Waals surface area contributed by atoms with Crippen molar-refractivity contribution < 1.29 is 13.2 Å². The smallest absolute Gasteiger partial charge is 0.175 e. The molecule has 1 unspecified atom stereocenters. The van der Waals surface area contributed by atoms with Crippen molar-refractivity contribution in [2.75, 3.05) is 36.7 Å². The molecule has 0 radical (unpaired) electrons. The molecular weight excluding hydrogens is 326 g/mol. The highest BCUT2D eigenvalue weighted by Crippen LogP contribution is 2.39. The first-order valence-corrected chi connectivity index (χ1v) is 9.67. The van der Waals surface area contributed by atoms with E-state index in [-0.39, 0.29) is 6.17 Å². The number of hydrogen-bond acceptors (Lipinski definition) is 6. The molecule has 2 aromatic rings. The molecule has 6 nitrogen and oxygen atoms in total. The summed E-state index contributed by atoms with van der Waals surface area (Å²) in [5, 5.41) is 3.41. The van der Waals surface area contributed by atoms with Crippen LogP contribution in [0.5, 0.6) is 0 Å². The summed E-state index contributed by atoms with van der Waals surface area (Å²) in [4.78, 5) is 6.95. The Morgan fingerprint density at radius 3 is 2.67 bits per heavy atom. The van der Waals surface area contributed by atoms with E-state index in [9.17, 15) is 8.42 Å². The highest BCUT2D eigenvalue weighted by molar-refractivity contribution is 7.90. The Bertz CT molecular complexity index is 806. The second kappa shape index (κ2) is 6.78. The Morgan fingerprint density at radius 1 is 1.25 bits per heavy atom. The average molecular weight is 347 g/mol. The molecule has 24 heavy (non-hydrogen) atoms. The van der Waals surface area contributed by atoms with E-state index < -0.39 is 9.84 Å². The maximum atomic E-state index is 11.6. The number of rotatable bonds is 6. The highest BCUT2D eigenvalue weighted by atomic mass is 32.2. The number of anilines is 2. The molecule has 128 valence electrons. The van der Waals surface area contributed by atoms with Crippen molar-refractivity contribution in [1.29, 1.82) is 0 Å². The Labute approximate surface area is 142 Å². The largest absolute Gasteiger partial charge is 0.385 e. The zero-order valence-corrected chi connectivity index (χ0v) is 14.6. The molecular formula is C17H21N3O3S. The lowest BCUT2D eigenvalue weighted by Gasteiger charge is -2.27. The van der Waals surface area contributed by atoms with Crippen LogP contribution in [0, 0.1) is 0 Å². The van der Waals surface area contributed by atoms with Crippen LogP contribution in [0.2, 0.25) is 0 Å². The maximum absolute atomic E-state index is 11.6. The van der Waals surface area contributed by atoms with Crippen LogP contribution < -0.4 is 10.2 Å². The van der Waals surface area contributed by atoms with Gasteiger partial charge in [0.15, 0.2) is 15.7 Å². The van der Waals surface area contributed by atoms with Gasteiger partial charge < -0.3 is 15.0 Å². The molecule has 0 saturated carbocycles. The van der Waals surface area contributed by atoms with Crippen molar-refractivity contribution in [2.45, 2.75) is 17.5 Å². The van der Waals surface area contributed by atoms with Gasteiger partial charge in [-0.2, -0.15) is 0 Å². The highest BCUT2D eigenvalue weighted by Gasteiger charge is 2.30. The van der Waals surface area contributed by atoms with Crippen LogP contribution in [-0.2, 0) is 14.6 Å². The lowest BCUT2D eigenvalue weighted by molar-refractivity contribution is 0.196. The summed E-state index contributed by atoms with van der Waals surface area (Å²) in [6.07, 6.45) is 3.80. The van der Waals surface area contributed by atoms with E-state index in [1.54, 1.807) is 25.4 Å². The van der Waals surface area contributed by atoms with Crippen LogP contribution in [0.4, 0.5) is 11.5 Å². The molecule has 1 aliphatic heterocycles. The van der Waals surface area contributed by atoms with E-state index in [0.717, 1.165) is 30.0 Å². The third-order valence-corrected chi connectivity index (χ3v) is 5.18. The summed E-state index contributed by atoms with van der Waals surface area (Å²) >= 11 is 0. The second-order valence-corrected chi connectivity index (χ2v) is 7.81. The van der Waals surface area contributed by atoms with Crippen LogP contribution in [0.25, 0.3) is 0 Å². The molecule has 1 aromatic carbocycles. The minimum Gasteiger partial charge on any atom is -0.385 e. The number of fused-ring (bicyclic) bond motifs is 1. The molecule has 0 spiro atoms. The molecule has 0 amide bonds. The minimum absolute atomic E-state index is 0.0691. The number of pyridine rings is 1. The van der Waals surface area contributed by atoms with Crippen molar-refractivity contribution in [3.05, 3.63) is 48.2 Å². The third-order valence-electron chi connectivity index (χ3n) is 4.05. The number of sulfone groups is 1. The molecule has 0 bridgehead atoms. The van der Waals surface area contributed by atoms with Crippen LogP contribution >= 0.6 is 0 Å². The van der Waals surface area contributed by atoms with Gasteiger partial charge in [-0.25, -0.2) is 13.4 Å². The van der Waals surface area contributed by atoms with E-state index >= 15 is 0 Å². The molecule has 0 saturated heterocycles. The lowest BCUT2D eigenvalue weighted by atomic mass is 10.1. The molecule has 0 aliphatic carbocycles. The Kier molecular flexibility index (Phi) is 4.73. The van der Waals surface area contributed by atoms with E-state index in [0.29, 0.717) is 11.5 Å². The fourth-order valence-corrected chi connectivity index (χ4v) is 3.51. The predicted octanol–water partition coefficient (Wildman–Crippen LogP) is 2.45. The van der Waals surface area contributed by atoms with Crippen LogP contribution in [0.15, 0.2) is 47.5 Å². The molecule has 3 rings (SSSR count). The van der Waals surface area contributed by atoms with E-state index in [2.05, 4.69) is 15.2 Å². The first kappa shape index (κ1) is 16.7. The Balaban J connectivity index is 1.88. The van der Waals surface area contributed by atoms with Gasteiger partial charge >= 0.3 is 0 Å². The van der Waals surface area contributed by atoms with Gasteiger partial charge in [0.05, 0.1) is 10.6 Å². The molecule has 1 N–H and O–H groups in total. The molecule has 7 heteroatoms. The van der Waals surface area contributed by atoms with Gasteiger partial charge in [0.2, 0.25) is 0 Å². The standard InChI is InChI=1S/C17H21N3O3S/c1-23-12-4-11-20-15-5-3-10-18-16(15)19-17(20)13-6-8-14(9-7-13)24(2,21)22/h3,5-10,17H,4,11-12H2,1-2H3,(H,18,19). The number of methoxy groups -OCH3 is 1. The minimum atomic E-state index is -3.19. The van der Waals surface area contributed by atoms with E-state index in [4.69, 9.17) is 4.74 Å². The first-order valence-electron chi connectivity index (χ1n) is 7.78. The third kappa shape index (κ3) is 3.37. The van der Waals surface area contributed by atoms with Crippen molar-refractivity contribution in [3.8, 4) is 0 Å². The van der Waals surface area contributed by atoms with E-state index in [1.165, 1.54) is 6.26 Å². The number of hydrogen-bond donors (Lipinski definition) is 1. The van der Waals surface area contributed by atoms with Gasteiger partial charge in [0.25, 0.3) is 0 Å². The maximum Gasteiger partial charge on any atom is 0.175 e. The summed E-state index contributed by atoms with van der Waals surface area (Å²) in [5.41, 5.74) is 2.05. The van der Waals surface area contributed by atoms with Crippen molar-refractivity contribution in [3.63, 3.8) is 0 Å². The second-order valence-electron chi connectivity index (χ2n) is 5.80. The Hall–Kier alpha value is -2.12. The van der Waals surface area contributed by atoms with Gasteiger partial charge in [-0.05, 0) is 36.2 Å². The van der Waals surface area contributed by atoms with Gasteiger partial charge in [-0.3, -0.25) is 0 Å². The monoisotopic (exact) mass is 347 g/mol. The van der Waals surface area contributed by atoms with Crippen molar-refractivity contribution >= 4 is 21.3 Å². The normalized spacial score (nSPS) is 16.8. The number of ether oxygens (including phenoxy) is 1. The number of aromatic nitrogens is 1. The van der Waals surface area contributed by atoms with Crippen LogP contribution in [-0.4, -0.2) is 39.9 Å². The molecule has 1 atom stereocenters. The number of benzene rings is 1. The van der Waals surface area contributed by atoms with Crippen LogP contribution in [0.3, 0.4) is 0 Å².